The third-order valence-corrected chi connectivity index (χ3v) is 6.89. The molecule has 1 saturated carbocycles. The number of aryl methyl sites for hydroxylation is 1. The van der Waals surface area contributed by atoms with E-state index in [0.29, 0.717) is 35.2 Å². The topological polar surface area (TPSA) is 98.1 Å². The predicted molar refractivity (Wildman–Crippen MR) is 137 cm³/mol. The van der Waals surface area contributed by atoms with E-state index in [2.05, 4.69) is 25.4 Å². The van der Waals surface area contributed by atoms with Crippen molar-refractivity contribution in [2.75, 3.05) is 25.2 Å². The largest absolute Gasteiger partial charge is 0.497 e. The molecule has 9 heteroatoms. The van der Waals surface area contributed by atoms with Crippen LogP contribution in [0.1, 0.15) is 64.7 Å². The molecule has 35 heavy (non-hydrogen) atoms. The molecule has 1 aliphatic carbocycles. The number of amides is 2. The number of hydrogen-bond donors (Lipinski definition) is 2. The van der Waals surface area contributed by atoms with Gasteiger partial charge in [-0.15, -0.1) is 10.2 Å². The Bertz CT molecular complexity index is 1160. The molecule has 184 valence electrons. The molecule has 0 atom stereocenters. The highest BCUT2D eigenvalue weighted by Gasteiger charge is 2.23. The second-order valence-corrected chi connectivity index (χ2v) is 9.27. The van der Waals surface area contributed by atoms with Crippen LogP contribution in [0.25, 0.3) is 0 Å². The minimum Gasteiger partial charge on any atom is -0.497 e. The molecule has 1 heterocycles. The van der Waals surface area contributed by atoms with Crippen molar-refractivity contribution in [2.24, 2.45) is 0 Å². The van der Waals surface area contributed by atoms with Crippen molar-refractivity contribution < 1.29 is 14.3 Å². The van der Waals surface area contributed by atoms with E-state index in [1.54, 1.807) is 67.4 Å². The molecule has 0 saturated heterocycles. The first kappa shape index (κ1) is 24.8. The Morgan fingerprint density at radius 2 is 1.80 bits per heavy atom. The summed E-state index contributed by atoms with van der Waals surface area (Å²) in [5.74, 6) is 1.15. The molecular weight excluding hydrogens is 462 g/mol. The number of thioether (sulfide) groups is 1. The van der Waals surface area contributed by atoms with Gasteiger partial charge in [0.15, 0.2) is 5.16 Å². The van der Waals surface area contributed by atoms with Gasteiger partial charge in [0.25, 0.3) is 11.8 Å². The van der Waals surface area contributed by atoms with Crippen LogP contribution in [0.15, 0.2) is 53.7 Å². The van der Waals surface area contributed by atoms with E-state index >= 15 is 0 Å². The Labute approximate surface area is 209 Å². The van der Waals surface area contributed by atoms with Crippen LogP contribution in [0.2, 0.25) is 0 Å². The lowest BCUT2D eigenvalue weighted by Crippen LogP contribution is -2.26. The van der Waals surface area contributed by atoms with E-state index < -0.39 is 0 Å². The van der Waals surface area contributed by atoms with E-state index in [4.69, 9.17) is 4.74 Å². The summed E-state index contributed by atoms with van der Waals surface area (Å²) in [5, 5.41) is 15.6. The second kappa shape index (κ2) is 11.9. The minimum absolute atomic E-state index is 0.224. The van der Waals surface area contributed by atoms with Crippen molar-refractivity contribution in [1.82, 2.24) is 20.1 Å². The second-order valence-electron chi connectivity index (χ2n) is 8.50. The van der Waals surface area contributed by atoms with Crippen LogP contribution in [-0.2, 0) is 6.42 Å². The molecule has 0 unspecified atom stereocenters. The van der Waals surface area contributed by atoms with Crippen molar-refractivity contribution in [3.05, 3.63) is 65.5 Å². The third kappa shape index (κ3) is 6.03. The van der Waals surface area contributed by atoms with Gasteiger partial charge >= 0.3 is 0 Å². The normalized spacial score (nSPS) is 13.5. The number of carbonyl (C=O) groups excluding carboxylic acids is 2. The number of aromatic nitrogens is 3. The first-order valence-corrected chi connectivity index (χ1v) is 13.1. The molecule has 2 N–H and O–H groups in total. The molecular formula is C26H31N5O3S. The molecule has 2 amide bonds. The lowest BCUT2D eigenvalue weighted by atomic mass is 10.1. The van der Waals surface area contributed by atoms with Crippen molar-refractivity contribution in [3.63, 3.8) is 0 Å². The van der Waals surface area contributed by atoms with Crippen LogP contribution < -0.4 is 15.4 Å². The molecule has 1 aromatic heterocycles. The van der Waals surface area contributed by atoms with Crippen LogP contribution >= 0.6 is 11.8 Å². The average molecular weight is 494 g/mol. The van der Waals surface area contributed by atoms with Crippen LogP contribution in [0, 0.1) is 0 Å². The highest BCUT2D eigenvalue weighted by Crippen LogP contribution is 2.33. The number of ether oxygens (including phenoxy) is 1. The zero-order valence-electron chi connectivity index (χ0n) is 20.1. The Balaban J connectivity index is 1.34. The van der Waals surface area contributed by atoms with E-state index in [0.717, 1.165) is 23.8 Å². The number of carbonyl (C=O) groups is 2. The number of para-hydroxylation sites is 1. The molecule has 0 spiro atoms. The quantitative estimate of drug-likeness (QED) is 0.313. The summed E-state index contributed by atoms with van der Waals surface area (Å²) in [5.41, 5.74) is 1.38. The van der Waals surface area contributed by atoms with Gasteiger partial charge in [-0.3, -0.25) is 9.59 Å². The van der Waals surface area contributed by atoms with Gasteiger partial charge < -0.3 is 19.9 Å². The summed E-state index contributed by atoms with van der Waals surface area (Å²) >= 11 is 1.63. The Hall–Kier alpha value is -3.33. The number of hydrogen-bond acceptors (Lipinski definition) is 6. The van der Waals surface area contributed by atoms with Gasteiger partial charge in [0.2, 0.25) is 0 Å². The van der Waals surface area contributed by atoms with Gasteiger partial charge in [-0.1, -0.05) is 36.7 Å². The lowest BCUT2D eigenvalue weighted by molar-refractivity contribution is 0.0954. The zero-order valence-corrected chi connectivity index (χ0v) is 20.9. The smallest absolute Gasteiger partial charge is 0.255 e. The molecule has 0 bridgehead atoms. The standard InChI is InChI=1S/C26H31N5O3S/c1-34-20-15-13-18(14-16-20)24(32)28-22-11-6-5-10-21(22)25(33)27-17-7-12-23-29-30-26(35-2)31(23)19-8-3-4-9-19/h5-6,10-11,13-16,19H,3-4,7-9,12,17H2,1-2H3,(H,27,33)(H,28,32). The van der Waals surface area contributed by atoms with E-state index in [9.17, 15) is 9.59 Å². The summed E-state index contributed by atoms with van der Waals surface area (Å²) in [6.07, 6.45) is 8.39. The third-order valence-electron chi connectivity index (χ3n) is 6.24. The summed E-state index contributed by atoms with van der Waals surface area (Å²) in [4.78, 5) is 25.6. The number of rotatable bonds is 10. The summed E-state index contributed by atoms with van der Waals surface area (Å²) in [7, 11) is 1.58. The van der Waals surface area contributed by atoms with Gasteiger partial charge in [0.05, 0.1) is 18.4 Å². The number of nitrogens with zero attached hydrogens (tertiary/aromatic N) is 3. The number of nitrogens with one attached hydrogen (secondary N) is 2. The van der Waals surface area contributed by atoms with Crippen LogP contribution in [0.3, 0.4) is 0 Å². The molecule has 2 aromatic carbocycles. The first-order valence-electron chi connectivity index (χ1n) is 11.9. The average Bonchev–Trinajstić information content (AvgIpc) is 3.56. The molecule has 0 radical (unpaired) electrons. The first-order chi connectivity index (χ1) is 17.1. The van der Waals surface area contributed by atoms with Crippen LogP contribution in [-0.4, -0.2) is 46.5 Å². The fourth-order valence-corrected chi connectivity index (χ4v) is 4.99. The Morgan fingerprint density at radius 3 is 2.51 bits per heavy atom. The van der Waals surface area contributed by atoms with Gasteiger partial charge in [-0.05, 0) is 61.9 Å². The molecule has 4 rings (SSSR count). The van der Waals surface area contributed by atoms with E-state index in [1.807, 2.05) is 6.26 Å². The SMILES string of the molecule is COc1ccc(C(=O)Nc2ccccc2C(=O)NCCCc2nnc(SC)n2C2CCCC2)cc1. The zero-order chi connectivity index (χ0) is 24.6. The number of anilines is 1. The Morgan fingerprint density at radius 1 is 1.06 bits per heavy atom. The number of methoxy groups -OCH3 is 1. The van der Waals surface area contributed by atoms with Gasteiger partial charge in [-0.2, -0.15) is 0 Å². The fraction of sp³-hybridized carbons (Fsp3) is 0.385. The van der Waals surface area contributed by atoms with Gasteiger partial charge in [-0.25, -0.2) is 0 Å². The minimum atomic E-state index is -0.288. The molecule has 8 nitrogen and oxygen atoms in total. The maximum Gasteiger partial charge on any atom is 0.255 e. The summed E-state index contributed by atoms with van der Waals surface area (Å²) < 4.78 is 7.43. The number of benzene rings is 2. The van der Waals surface area contributed by atoms with Crippen molar-refractivity contribution in [2.45, 2.75) is 49.7 Å². The van der Waals surface area contributed by atoms with Crippen molar-refractivity contribution in [1.29, 1.82) is 0 Å². The fourth-order valence-electron chi connectivity index (χ4n) is 4.42. The van der Waals surface area contributed by atoms with Crippen molar-refractivity contribution in [3.8, 4) is 5.75 Å². The molecule has 1 fully saturated rings. The Kier molecular flexibility index (Phi) is 8.41. The van der Waals surface area contributed by atoms with Crippen LogP contribution in [0.5, 0.6) is 5.75 Å². The molecule has 1 aliphatic rings. The summed E-state index contributed by atoms with van der Waals surface area (Å²) in [6, 6.07) is 14.3. The maximum atomic E-state index is 12.9. The van der Waals surface area contributed by atoms with Crippen molar-refractivity contribution >= 4 is 29.3 Å². The highest BCUT2D eigenvalue weighted by atomic mass is 32.2. The van der Waals surface area contributed by atoms with Gasteiger partial charge in [0.1, 0.15) is 11.6 Å². The van der Waals surface area contributed by atoms with Crippen LogP contribution in [0.4, 0.5) is 5.69 Å². The lowest BCUT2D eigenvalue weighted by Gasteiger charge is -2.16. The summed E-state index contributed by atoms with van der Waals surface area (Å²) in [6.45, 7) is 0.506. The predicted octanol–water partition coefficient (Wildman–Crippen LogP) is 4.74. The molecule has 0 aliphatic heterocycles. The van der Waals surface area contributed by atoms with Gasteiger partial charge in [0, 0.05) is 24.6 Å². The highest BCUT2D eigenvalue weighted by molar-refractivity contribution is 7.98. The van der Waals surface area contributed by atoms with E-state index in [1.165, 1.54) is 25.7 Å². The van der Waals surface area contributed by atoms with E-state index in [-0.39, 0.29) is 11.8 Å². The maximum absolute atomic E-state index is 12.9. The monoisotopic (exact) mass is 493 g/mol. The molecule has 3 aromatic rings.